The molecule has 3 N–H and O–H groups in total. The number of nitrogens with zero attached hydrogens (tertiary/aromatic N) is 3. The molecule has 1 aliphatic carbocycles. The molecule has 1 saturated carbocycles. The van der Waals surface area contributed by atoms with Gasteiger partial charge in [0.25, 0.3) is 5.91 Å². The van der Waals surface area contributed by atoms with Gasteiger partial charge in [-0.15, -0.1) is 0 Å². The number of pyridine rings is 2. The average molecular weight is 451 g/mol. The molecule has 0 radical (unpaired) electrons. The summed E-state index contributed by atoms with van der Waals surface area (Å²) >= 11 is 0. The highest BCUT2D eigenvalue weighted by molar-refractivity contribution is 6.02. The van der Waals surface area contributed by atoms with Crippen molar-refractivity contribution in [3.8, 4) is 5.75 Å². The van der Waals surface area contributed by atoms with Crippen LogP contribution in [0.15, 0.2) is 30.7 Å². The lowest BCUT2D eigenvalue weighted by Crippen LogP contribution is -2.20. The van der Waals surface area contributed by atoms with Crippen LogP contribution in [0.4, 0.5) is 30.4 Å². The van der Waals surface area contributed by atoms with Gasteiger partial charge in [0.1, 0.15) is 16.9 Å². The molecule has 3 aromatic heterocycles. The molecule has 0 spiro atoms. The van der Waals surface area contributed by atoms with Gasteiger partial charge < -0.3 is 20.7 Å². The van der Waals surface area contributed by atoms with E-state index in [-0.39, 0.29) is 40.1 Å². The summed E-state index contributed by atoms with van der Waals surface area (Å²) in [7, 11) is 1.08. The number of methoxy groups -OCH3 is 1. The van der Waals surface area contributed by atoms with Gasteiger partial charge in [-0.1, -0.05) is 0 Å². The average Bonchev–Trinajstić information content (AvgIpc) is 3.53. The summed E-state index contributed by atoms with van der Waals surface area (Å²) in [6.07, 6.45) is 0.125. The fourth-order valence-corrected chi connectivity index (χ4v) is 3.17. The fraction of sp³-hybridized carbons (Fsp3) is 0.300. The number of hydrogen-bond donors (Lipinski definition) is 3. The lowest BCUT2D eigenvalue weighted by molar-refractivity contribution is -0.138. The minimum Gasteiger partial charge on any atom is -0.494 e. The summed E-state index contributed by atoms with van der Waals surface area (Å²) in [5.41, 5.74) is -1.34. The SMILES string of the molecule is [2H]C([2H])([2H])NC(=O)c1cnc(NC(=O)C2CC2)cc1Nc1cnn2ccc(C(F)(F)F)c(OC)c12. The number of halogens is 3. The Morgan fingerprint density at radius 1 is 1.28 bits per heavy atom. The Bertz CT molecular complexity index is 1300. The van der Waals surface area contributed by atoms with Gasteiger partial charge in [-0.25, -0.2) is 9.50 Å². The molecule has 4 rings (SSSR count). The molecule has 0 bridgehead atoms. The number of hydrogen-bond acceptors (Lipinski definition) is 6. The monoisotopic (exact) mass is 451 g/mol. The van der Waals surface area contributed by atoms with Crippen LogP contribution in [0.3, 0.4) is 0 Å². The predicted octanol–water partition coefficient (Wildman–Crippen LogP) is 3.21. The zero-order chi connectivity index (χ0) is 25.5. The van der Waals surface area contributed by atoms with E-state index in [9.17, 15) is 22.8 Å². The molecule has 1 aliphatic rings. The summed E-state index contributed by atoms with van der Waals surface area (Å²) in [5.74, 6) is -1.87. The van der Waals surface area contributed by atoms with Crippen LogP contribution in [0.25, 0.3) is 5.52 Å². The van der Waals surface area contributed by atoms with Crippen molar-refractivity contribution in [1.82, 2.24) is 19.9 Å². The molecule has 1 fully saturated rings. The number of anilines is 3. The minimum absolute atomic E-state index is 0.0257. The van der Waals surface area contributed by atoms with E-state index in [1.54, 1.807) is 0 Å². The predicted molar refractivity (Wildman–Crippen MR) is 109 cm³/mol. The number of amides is 2. The van der Waals surface area contributed by atoms with Crippen LogP contribution < -0.4 is 20.7 Å². The van der Waals surface area contributed by atoms with E-state index in [2.05, 4.69) is 20.7 Å². The van der Waals surface area contributed by atoms with Gasteiger partial charge in [0.05, 0.1) is 30.2 Å². The Kier molecular flexibility index (Phi) is 4.46. The van der Waals surface area contributed by atoms with Gasteiger partial charge in [0, 0.05) is 35.5 Å². The van der Waals surface area contributed by atoms with Crippen LogP contribution in [0.5, 0.6) is 5.75 Å². The van der Waals surface area contributed by atoms with Crippen molar-refractivity contribution in [3.05, 3.63) is 41.9 Å². The topological polar surface area (TPSA) is 110 Å². The Morgan fingerprint density at radius 3 is 2.72 bits per heavy atom. The Hall–Kier alpha value is -3.83. The molecule has 0 atom stereocenters. The molecule has 0 unspecified atom stereocenters. The van der Waals surface area contributed by atoms with Crippen molar-refractivity contribution in [1.29, 1.82) is 0 Å². The molecule has 9 nitrogen and oxygen atoms in total. The third-order valence-corrected chi connectivity index (χ3v) is 4.88. The van der Waals surface area contributed by atoms with E-state index in [0.29, 0.717) is 0 Å². The van der Waals surface area contributed by atoms with Gasteiger partial charge >= 0.3 is 6.18 Å². The highest BCUT2D eigenvalue weighted by Crippen LogP contribution is 2.41. The summed E-state index contributed by atoms with van der Waals surface area (Å²) in [4.78, 5) is 28.7. The normalized spacial score (nSPS) is 15.4. The van der Waals surface area contributed by atoms with Crippen LogP contribution in [0.2, 0.25) is 0 Å². The first kappa shape index (κ1) is 17.8. The first-order valence-electron chi connectivity index (χ1n) is 10.9. The number of ether oxygens (including phenoxy) is 1. The third kappa shape index (κ3) is 4.03. The summed E-state index contributed by atoms with van der Waals surface area (Å²) in [6, 6.07) is 2.09. The number of alkyl halides is 3. The molecule has 0 aliphatic heterocycles. The molecular weight excluding hydrogens is 429 g/mol. The van der Waals surface area contributed by atoms with Crippen LogP contribution in [0.1, 0.15) is 32.9 Å². The smallest absolute Gasteiger partial charge is 0.420 e. The van der Waals surface area contributed by atoms with E-state index in [1.807, 2.05) is 5.32 Å². The van der Waals surface area contributed by atoms with Crippen LogP contribution in [-0.4, -0.2) is 40.5 Å². The van der Waals surface area contributed by atoms with Crippen molar-refractivity contribution in [2.75, 3.05) is 24.7 Å². The van der Waals surface area contributed by atoms with E-state index in [0.717, 1.165) is 42.9 Å². The molecule has 12 heteroatoms. The maximum absolute atomic E-state index is 13.5. The van der Waals surface area contributed by atoms with E-state index in [1.165, 1.54) is 12.3 Å². The number of carbonyl (C=O) groups is 2. The number of carbonyl (C=O) groups excluding carboxylic acids is 2. The zero-order valence-corrected chi connectivity index (χ0v) is 16.6. The quantitative estimate of drug-likeness (QED) is 0.531. The maximum atomic E-state index is 13.5. The van der Waals surface area contributed by atoms with Crippen molar-refractivity contribution in [2.45, 2.75) is 19.0 Å². The van der Waals surface area contributed by atoms with Crippen LogP contribution >= 0.6 is 0 Å². The largest absolute Gasteiger partial charge is 0.494 e. The maximum Gasteiger partial charge on any atom is 0.420 e. The lowest BCUT2D eigenvalue weighted by Gasteiger charge is -2.15. The second-order valence-electron chi connectivity index (χ2n) is 7.07. The Labute approximate surface area is 184 Å². The van der Waals surface area contributed by atoms with E-state index >= 15 is 0 Å². The molecule has 3 heterocycles. The van der Waals surface area contributed by atoms with Crippen molar-refractivity contribution < 1.29 is 31.6 Å². The highest BCUT2D eigenvalue weighted by Gasteiger charge is 2.36. The number of aromatic nitrogens is 3. The summed E-state index contributed by atoms with van der Waals surface area (Å²) in [5, 5.41) is 11.3. The summed E-state index contributed by atoms with van der Waals surface area (Å²) < 4.78 is 68.6. The number of nitrogens with one attached hydrogen (secondary N) is 3. The Morgan fingerprint density at radius 2 is 2.06 bits per heavy atom. The molecule has 2 amide bonds. The highest BCUT2D eigenvalue weighted by atomic mass is 19.4. The summed E-state index contributed by atoms with van der Waals surface area (Å²) in [6.45, 7) is -2.80. The van der Waals surface area contributed by atoms with Gasteiger partial charge in [0.2, 0.25) is 5.91 Å². The number of rotatable bonds is 6. The van der Waals surface area contributed by atoms with Gasteiger partial charge in [0.15, 0.2) is 5.75 Å². The van der Waals surface area contributed by atoms with E-state index < -0.39 is 30.4 Å². The number of fused-ring (bicyclic) bond motifs is 1. The molecular formula is C20H19F3N6O3. The van der Waals surface area contributed by atoms with Gasteiger partial charge in [-0.3, -0.25) is 9.59 Å². The van der Waals surface area contributed by atoms with Crippen molar-refractivity contribution in [2.24, 2.45) is 5.92 Å². The molecule has 32 heavy (non-hydrogen) atoms. The van der Waals surface area contributed by atoms with Crippen molar-refractivity contribution in [3.63, 3.8) is 0 Å². The lowest BCUT2D eigenvalue weighted by atomic mass is 10.1. The fourth-order valence-electron chi connectivity index (χ4n) is 3.17. The first-order chi connectivity index (χ1) is 16.4. The molecule has 0 aromatic carbocycles. The Balaban J connectivity index is 1.78. The molecule has 168 valence electrons. The minimum atomic E-state index is -4.71. The van der Waals surface area contributed by atoms with Gasteiger partial charge in [-0.2, -0.15) is 18.3 Å². The second-order valence-corrected chi connectivity index (χ2v) is 7.07. The second kappa shape index (κ2) is 8.02. The van der Waals surface area contributed by atoms with Crippen molar-refractivity contribution >= 4 is 34.5 Å². The standard InChI is InChI=1S/C20H19F3N6O3/c1-24-19(31)11-8-25-15(28-18(30)10-3-4-10)7-13(11)27-14-9-26-29-6-5-12(20(21,22)23)17(32-2)16(14)29/h5-10H,3-4H2,1-2H3,(H,24,31)(H2,25,27,28,30)/i1D3. The van der Waals surface area contributed by atoms with Crippen LogP contribution in [-0.2, 0) is 11.0 Å². The van der Waals surface area contributed by atoms with Gasteiger partial charge in [-0.05, 0) is 18.9 Å². The van der Waals surface area contributed by atoms with E-state index in [4.69, 9.17) is 8.85 Å². The third-order valence-electron chi connectivity index (χ3n) is 4.88. The first-order valence-corrected chi connectivity index (χ1v) is 9.39. The zero-order valence-electron chi connectivity index (χ0n) is 19.6. The molecule has 3 aromatic rings. The molecule has 0 saturated heterocycles. The van der Waals surface area contributed by atoms with Crippen LogP contribution in [0, 0.1) is 5.92 Å².